The van der Waals surface area contributed by atoms with Crippen LogP contribution in [0.1, 0.15) is 30.0 Å². The van der Waals surface area contributed by atoms with Crippen molar-refractivity contribution in [3.63, 3.8) is 0 Å². The smallest absolute Gasteiger partial charge is 0.281 e. The van der Waals surface area contributed by atoms with Crippen molar-refractivity contribution in [3.05, 3.63) is 55.2 Å². The highest BCUT2D eigenvalue weighted by Gasteiger charge is 2.28. The summed E-state index contributed by atoms with van der Waals surface area (Å²) in [4.78, 5) is 21.2. The van der Waals surface area contributed by atoms with Crippen molar-refractivity contribution in [2.24, 2.45) is 7.05 Å². The Bertz CT molecular complexity index is 976. The molecule has 0 radical (unpaired) electrons. The monoisotopic (exact) mass is 436 g/mol. The number of rotatable bonds is 1. The lowest BCUT2D eigenvalue weighted by Gasteiger charge is -2.28. The first-order chi connectivity index (χ1) is 11.1. The van der Waals surface area contributed by atoms with Crippen LogP contribution in [0.2, 0.25) is 0 Å². The Hall–Kier alpha value is -1.47. The topological polar surface area (TPSA) is 52.7 Å². The molecule has 7 heteroatoms. The molecule has 1 aliphatic carbocycles. The molecular weight excluding hydrogens is 424 g/mol. The van der Waals surface area contributed by atoms with E-state index in [-0.39, 0.29) is 11.6 Å². The maximum atomic E-state index is 12.3. The molecular formula is C16H14Br2N4O. The Kier molecular flexibility index (Phi) is 3.65. The van der Waals surface area contributed by atoms with Gasteiger partial charge in [0.25, 0.3) is 5.56 Å². The number of halogens is 2. The molecule has 118 valence electrons. The van der Waals surface area contributed by atoms with Gasteiger partial charge in [0.2, 0.25) is 0 Å². The highest BCUT2D eigenvalue weighted by molar-refractivity contribution is 9.10. The van der Waals surface area contributed by atoms with Gasteiger partial charge in [-0.3, -0.25) is 9.36 Å². The number of aryl methyl sites for hydroxylation is 2. The van der Waals surface area contributed by atoms with Gasteiger partial charge >= 0.3 is 0 Å². The summed E-state index contributed by atoms with van der Waals surface area (Å²) in [5.74, 6) is 0. The molecule has 2 aromatic heterocycles. The van der Waals surface area contributed by atoms with E-state index in [1.165, 1.54) is 15.7 Å². The van der Waals surface area contributed by atoms with Crippen LogP contribution < -0.4 is 5.56 Å². The zero-order valence-electron chi connectivity index (χ0n) is 12.5. The lowest BCUT2D eigenvalue weighted by Crippen LogP contribution is -2.20. The molecule has 1 unspecified atom stereocenters. The fraction of sp³-hybridized carbons (Fsp3) is 0.312. The lowest BCUT2D eigenvalue weighted by molar-refractivity contribution is 0.488. The molecule has 5 nitrogen and oxygen atoms in total. The van der Waals surface area contributed by atoms with Crippen molar-refractivity contribution in [2.75, 3.05) is 0 Å². The predicted molar refractivity (Wildman–Crippen MR) is 95.7 cm³/mol. The molecule has 0 spiro atoms. The van der Waals surface area contributed by atoms with E-state index in [2.05, 4.69) is 60.0 Å². The van der Waals surface area contributed by atoms with Gasteiger partial charge < -0.3 is 4.57 Å². The first-order valence-corrected chi connectivity index (χ1v) is 9.03. The minimum Gasteiger partial charge on any atom is -0.300 e. The predicted octanol–water partition coefficient (Wildman–Crippen LogP) is 3.58. The number of fused-ring (bicyclic) bond motifs is 2. The summed E-state index contributed by atoms with van der Waals surface area (Å²) in [5.41, 5.74) is 3.52. The summed E-state index contributed by atoms with van der Waals surface area (Å²) < 4.78 is 5.24. The Balaban J connectivity index is 2.01. The van der Waals surface area contributed by atoms with E-state index in [0.717, 1.165) is 23.7 Å². The molecule has 0 N–H and O–H groups in total. The first kappa shape index (κ1) is 15.1. The number of benzene rings is 1. The van der Waals surface area contributed by atoms with Gasteiger partial charge in [-0.25, -0.2) is 9.97 Å². The average Bonchev–Trinajstić information content (AvgIpc) is 2.88. The highest BCUT2D eigenvalue weighted by Crippen LogP contribution is 2.40. The quantitative estimate of drug-likeness (QED) is 0.546. The summed E-state index contributed by atoms with van der Waals surface area (Å²) in [7, 11) is 1.69. The van der Waals surface area contributed by atoms with E-state index in [1.54, 1.807) is 13.4 Å². The van der Waals surface area contributed by atoms with Crippen LogP contribution in [0.5, 0.6) is 0 Å². The van der Waals surface area contributed by atoms with Crippen LogP contribution in [0.15, 0.2) is 38.5 Å². The summed E-state index contributed by atoms with van der Waals surface area (Å²) >= 11 is 7.22. The Morgan fingerprint density at radius 1 is 1.30 bits per heavy atom. The van der Waals surface area contributed by atoms with Gasteiger partial charge in [0.05, 0.1) is 12.4 Å². The van der Waals surface area contributed by atoms with Crippen LogP contribution in [0.3, 0.4) is 0 Å². The number of imidazole rings is 1. The van der Waals surface area contributed by atoms with Crippen molar-refractivity contribution in [2.45, 2.75) is 25.3 Å². The second-order valence-corrected chi connectivity index (χ2v) is 7.37. The molecule has 0 saturated carbocycles. The van der Waals surface area contributed by atoms with Crippen LogP contribution >= 0.6 is 31.9 Å². The Morgan fingerprint density at radius 2 is 2.13 bits per heavy atom. The SMILES string of the molecule is Cn1cnc2c(nc(Br)n2C2CCCc3cccc(Br)c32)c1=O. The van der Waals surface area contributed by atoms with Crippen molar-refractivity contribution < 1.29 is 0 Å². The van der Waals surface area contributed by atoms with E-state index in [1.807, 2.05) is 4.57 Å². The second kappa shape index (κ2) is 5.56. The van der Waals surface area contributed by atoms with Crippen LogP contribution in [-0.2, 0) is 13.5 Å². The van der Waals surface area contributed by atoms with Crippen LogP contribution in [0, 0.1) is 0 Å². The summed E-state index contributed by atoms with van der Waals surface area (Å²) in [5, 5.41) is 0. The number of hydrogen-bond donors (Lipinski definition) is 0. The van der Waals surface area contributed by atoms with Gasteiger partial charge in [-0.1, -0.05) is 28.1 Å². The number of nitrogens with zero attached hydrogens (tertiary/aromatic N) is 4. The second-order valence-electron chi connectivity index (χ2n) is 5.80. The van der Waals surface area contributed by atoms with Gasteiger partial charge in [-0.15, -0.1) is 0 Å². The minimum atomic E-state index is -0.127. The normalized spacial score (nSPS) is 17.4. The van der Waals surface area contributed by atoms with Crippen LogP contribution in [0.4, 0.5) is 0 Å². The fourth-order valence-corrected chi connectivity index (χ4v) is 4.63. The number of hydrogen-bond acceptors (Lipinski definition) is 3. The van der Waals surface area contributed by atoms with E-state index >= 15 is 0 Å². The maximum absolute atomic E-state index is 12.3. The van der Waals surface area contributed by atoms with Crippen molar-refractivity contribution in [3.8, 4) is 0 Å². The van der Waals surface area contributed by atoms with Crippen LogP contribution in [0.25, 0.3) is 11.2 Å². The molecule has 1 atom stereocenters. The molecule has 0 amide bonds. The largest absolute Gasteiger partial charge is 0.300 e. The third kappa shape index (κ3) is 2.29. The van der Waals surface area contributed by atoms with Crippen molar-refractivity contribution in [1.82, 2.24) is 19.1 Å². The van der Waals surface area contributed by atoms with E-state index in [0.29, 0.717) is 15.9 Å². The highest BCUT2D eigenvalue weighted by atomic mass is 79.9. The lowest BCUT2D eigenvalue weighted by atomic mass is 9.87. The molecule has 1 aromatic carbocycles. The van der Waals surface area contributed by atoms with Gasteiger partial charge in [0, 0.05) is 11.5 Å². The minimum absolute atomic E-state index is 0.119. The number of aromatic nitrogens is 4. The third-order valence-electron chi connectivity index (χ3n) is 4.43. The average molecular weight is 438 g/mol. The van der Waals surface area contributed by atoms with Gasteiger partial charge in [-0.05, 0) is 52.4 Å². The summed E-state index contributed by atoms with van der Waals surface area (Å²) in [6, 6.07) is 6.43. The van der Waals surface area contributed by atoms with Gasteiger partial charge in [0.15, 0.2) is 15.9 Å². The van der Waals surface area contributed by atoms with E-state index in [4.69, 9.17) is 0 Å². The molecule has 0 fully saturated rings. The molecule has 0 saturated heterocycles. The van der Waals surface area contributed by atoms with E-state index in [9.17, 15) is 4.79 Å². The summed E-state index contributed by atoms with van der Waals surface area (Å²) in [6.45, 7) is 0. The molecule has 23 heavy (non-hydrogen) atoms. The first-order valence-electron chi connectivity index (χ1n) is 7.44. The Labute approximate surface area is 149 Å². The molecule has 4 rings (SSSR count). The van der Waals surface area contributed by atoms with Crippen molar-refractivity contribution in [1.29, 1.82) is 0 Å². The van der Waals surface area contributed by atoms with Crippen molar-refractivity contribution >= 4 is 43.0 Å². The van der Waals surface area contributed by atoms with Crippen LogP contribution in [-0.4, -0.2) is 19.1 Å². The fourth-order valence-electron chi connectivity index (χ4n) is 3.36. The molecule has 2 heterocycles. The Morgan fingerprint density at radius 3 is 2.96 bits per heavy atom. The third-order valence-corrected chi connectivity index (χ3v) is 5.68. The van der Waals surface area contributed by atoms with Gasteiger partial charge in [-0.2, -0.15) is 0 Å². The zero-order chi connectivity index (χ0) is 16.1. The van der Waals surface area contributed by atoms with E-state index < -0.39 is 0 Å². The van der Waals surface area contributed by atoms with Gasteiger partial charge in [0.1, 0.15) is 0 Å². The molecule has 0 bridgehead atoms. The standard InChI is InChI=1S/C16H14Br2N4O/c1-21-8-19-14-13(15(21)23)20-16(18)22(14)11-7-3-5-9-4-2-6-10(17)12(9)11/h2,4,6,8,11H,3,5,7H2,1H3. The molecule has 0 aliphatic heterocycles. The maximum Gasteiger partial charge on any atom is 0.281 e. The molecule has 1 aliphatic rings. The molecule has 3 aromatic rings. The summed E-state index contributed by atoms with van der Waals surface area (Å²) in [6.07, 6.45) is 4.73. The zero-order valence-corrected chi connectivity index (χ0v) is 15.6.